The molecule has 1 aliphatic rings. The number of likely N-dealkylation sites (N-methyl/N-ethyl adjacent to an activating group) is 1. The second kappa shape index (κ2) is 10.3. The van der Waals surface area contributed by atoms with E-state index >= 15 is 0 Å². The van der Waals surface area contributed by atoms with Gasteiger partial charge in [0.05, 0.1) is 22.9 Å². The first-order valence-electron chi connectivity index (χ1n) is 11.3. The average Bonchev–Trinajstić information content (AvgIpc) is 2.81. The van der Waals surface area contributed by atoms with Crippen LogP contribution in [-0.2, 0) is 20.7 Å². The van der Waals surface area contributed by atoms with E-state index in [4.69, 9.17) is 5.26 Å². The molecule has 1 N–H and O–H groups in total. The van der Waals surface area contributed by atoms with Crippen LogP contribution in [0.4, 0.5) is 8.78 Å². The first kappa shape index (κ1) is 27.2. The van der Waals surface area contributed by atoms with E-state index in [9.17, 15) is 26.8 Å². The zero-order valence-electron chi connectivity index (χ0n) is 20.4. The van der Waals surface area contributed by atoms with Gasteiger partial charge in [0.25, 0.3) is 11.8 Å². The molecule has 0 bridgehead atoms. The summed E-state index contributed by atoms with van der Waals surface area (Å²) in [6.45, 7) is 4.25. The third-order valence-corrected chi connectivity index (χ3v) is 8.13. The fraction of sp³-hybridized carbons (Fsp3) is 0.400. The Balaban J connectivity index is 1.67. The number of carbonyl (C=O) groups is 2. The molecular weight excluding hydrogens is 490 g/mol. The van der Waals surface area contributed by atoms with Crippen LogP contribution < -0.4 is 5.32 Å². The Bertz CT molecular complexity index is 1280. The van der Waals surface area contributed by atoms with Crippen molar-refractivity contribution in [1.29, 1.82) is 5.26 Å². The van der Waals surface area contributed by atoms with Crippen LogP contribution in [0.1, 0.15) is 48.3 Å². The maximum Gasteiger partial charge on any atom is 0.270 e. The molecule has 1 heterocycles. The Kier molecular flexibility index (Phi) is 7.81. The molecule has 2 amide bonds. The smallest absolute Gasteiger partial charge is 0.270 e. The zero-order valence-corrected chi connectivity index (χ0v) is 21.2. The Morgan fingerprint density at radius 3 is 2.33 bits per heavy atom. The molecule has 0 radical (unpaired) electrons. The molecule has 3 rings (SSSR count). The average molecular weight is 519 g/mol. The lowest BCUT2D eigenvalue weighted by Crippen LogP contribution is -2.49. The molecule has 2 aromatic rings. The third-order valence-electron chi connectivity index (χ3n) is 6.31. The number of hydrogen-bond acceptors (Lipinski definition) is 5. The first-order valence-corrected chi connectivity index (χ1v) is 12.8. The molecule has 0 spiro atoms. The van der Waals surface area contributed by atoms with Crippen LogP contribution in [0, 0.1) is 17.2 Å². The van der Waals surface area contributed by atoms with Crippen molar-refractivity contribution < 1.29 is 26.8 Å². The van der Waals surface area contributed by atoms with E-state index in [0.717, 1.165) is 6.92 Å². The van der Waals surface area contributed by atoms with Crippen LogP contribution in [0.15, 0.2) is 53.4 Å². The molecule has 1 saturated heterocycles. The molecule has 0 aromatic heterocycles. The van der Waals surface area contributed by atoms with E-state index < -0.39 is 39.8 Å². The van der Waals surface area contributed by atoms with Crippen molar-refractivity contribution in [2.24, 2.45) is 5.92 Å². The van der Waals surface area contributed by atoms with Crippen LogP contribution >= 0.6 is 0 Å². The van der Waals surface area contributed by atoms with Crippen LogP contribution in [-0.4, -0.2) is 55.6 Å². The Morgan fingerprint density at radius 2 is 1.78 bits per heavy atom. The quantitative estimate of drug-likeness (QED) is 0.577. The van der Waals surface area contributed by atoms with Gasteiger partial charge < -0.3 is 10.2 Å². The third kappa shape index (κ3) is 5.71. The van der Waals surface area contributed by atoms with Crippen molar-refractivity contribution >= 4 is 21.8 Å². The largest absolute Gasteiger partial charge is 0.348 e. The van der Waals surface area contributed by atoms with Gasteiger partial charge >= 0.3 is 0 Å². The zero-order chi connectivity index (χ0) is 26.8. The highest BCUT2D eigenvalue weighted by Gasteiger charge is 2.37. The molecule has 0 saturated carbocycles. The lowest BCUT2D eigenvalue weighted by atomic mass is 10.0. The SMILES string of the molecule is C[C@H](NC(=O)[C@@H](C)N(C)C(=O)c1cccc(S(=O)(=O)N2CC(C#N)C2)c1)c1ccc(C(C)(F)F)cc1. The van der Waals surface area contributed by atoms with E-state index in [0.29, 0.717) is 5.56 Å². The molecule has 1 fully saturated rings. The van der Waals surface area contributed by atoms with Crippen LogP contribution in [0.2, 0.25) is 0 Å². The summed E-state index contributed by atoms with van der Waals surface area (Å²) < 4.78 is 53.6. The van der Waals surface area contributed by atoms with Gasteiger partial charge in [0, 0.05) is 38.2 Å². The number of nitriles is 1. The van der Waals surface area contributed by atoms with Gasteiger partial charge in [-0.25, -0.2) is 17.2 Å². The van der Waals surface area contributed by atoms with E-state index in [1.807, 2.05) is 6.07 Å². The molecule has 8 nitrogen and oxygen atoms in total. The monoisotopic (exact) mass is 518 g/mol. The van der Waals surface area contributed by atoms with Crippen LogP contribution in [0.5, 0.6) is 0 Å². The van der Waals surface area contributed by atoms with Gasteiger partial charge in [0.1, 0.15) is 6.04 Å². The van der Waals surface area contributed by atoms with Gasteiger partial charge in [-0.3, -0.25) is 9.59 Å². The number of rotatable bonds is 8. The predicted octanol–water partition coefficient (Wildman–Crippen LogP) is 3.28. The van der Waals surface area contributed by atoms with Crippen LogP contribution in [0.25, 0.3) is 0 Å². The van der Waals surface area contributed by atoms with Crippen molar-refractivity contribution in [3.8, 4) is 6.07 Å². The van der Waals surface area contributed by atoms with Crippen LogP contribution in [0.3, 0.4) is 0 Å². The van der Waals surface area contributed by atoms with E-state index in [1.54, 1.807) is 6.92 Å². The maximum atomic E-state index is 13.4. The first-order chi connectivity index (χ1) is 16.8. The number of nitrogens with zero attached hydrogens (tertiary/aromatic N) is 3. The van der Waals surface area contributed by atoms with E-state index in [-0.39, 0.29) is 35.0 Å². The van der Waals surface area contributed by atoms with Crippen molar-refractivity contribution in [2.75, 3.05) is 20.1 Å². The molecule has 0 unspecified atom stereocenters. The van der Waals surface area contributed by atoms with Crippen molar-refractivity contribution in [3.63, 3.8) is 0 Å². The standard InChI is InChI=1S/C25H28F2N4O4S/c1-16(19-8-10-21(11-9-19)25(3,26)27)29-23(32)17(2)30(4)24(33)20-6-5-7-22(12-20)36(34,35)31-14-18(13-28)15-31/h5-12,16-18H,14-15H2,1-4H3,(H,29,32)/t16-,17+/m0/s1. The topological polar surface area (TPSA) is 111 Å². The fourth-order valence-corrected chi connectivity index (χ4v) is 5.27. The Morgan fingerprint density at radius 1 is 1.17 bits per heavy atom. The summed E-state index contributed by atoms with van der Waals surface area (Å²) in [4.78, 5) is 27.0. The molecule has 192 valence electrons. The van der Waals surface area contributed by atoms with Gasteiger partial charge in [-0.05, 0) is 37.6 Å². The normalized spacial score (nSPS) is 16.4. The number of alkyl halides is 2. The number of carbonyl (C=O) groups excluding carboxylic acids is 2. The summed E-state index contributed by atoms with van der Waals surface area (Å²) >= 11 is 0. The van der Waals surface area contributed by atoms with Gasteiger partial charge in [0.15, 0.2) is 0 Å². The van der Waals surface area contributed by atoms with E-state index in [2.05, 4.69) is 5.32 Å². The van der Waals surface area contributed by atoms with Gasteiger partial charge in [-0.2, -0.15) is 9.57 Å². The molecule has 1 aliphatic heterocycles. The number of halogens is 2. The van der Waals surface area contributed by atoms with Crippen molar-refractivity contribution in [1.82, 2.24) is 14.5 Å². The lowest BCUT2D eigenvalue weighted by molar-refractivity contribution is -0.125. The second-order valence-electron chi connectivity index (χ2n) is 9.01. The lowest BCUT2D eigenvalue weighted by Gasteiger charge is -2.34. The molecule has 11 heteroatoms. The minimum Gasteiger partial charge on any atom is -0.348 e. The highest BCUT2D eigenvalue weighted by Crippen LogP contribution is 2.28. The number of amides is 2. The molecule has 2 atom stereocenters. The number of nitrogens with one attached hydrogen (secondary N) is 1. The second-order valence-corrected chi connectivity index (χ2v) is 10.9. The maximum absolute atomic E-state index is 13.4. The fourth-order valence-electron chi connectivity index (χ4n) is 3.69. The predicted molar refractivity (Wildman–Crippen MR) is 128 cm³/mol. The summed E-state index contributed by atoms with van der Waals surface area (Å²) in [6, 6.07) is 11.8. The Labute approximate surface area is 209 Å². The molecule has 36 heavy (non-hydrogen) atoms. The summed E-state index contributed by atoms with van der Waals surface area (Å²) in [5, 5.41) is 11.7. The summed E-state index contributed by atoms with van der Waals surface area (Å²) in [5.41, 5.74) is 0.589. The Hall–Kier alpha value is -3.36. The highest BCUT2D eigenvalue weighted by atomic mass is 32.2. The minimum atomic E-state index is -3.84. The van der Waals surface area contributed by atoms with Crippen molar-refractivity contribution in [2.45, 2.75) is 43.7 Å². The minimum absolute atomic E-state index is 0.0648. The number of hydrogen-bond donors (Lipinski definition) is 1. The molecule has 2 aromatic carbocycles. The summed E-state index contributed by atoms with van der Waals surface area (Å²) in [7, 11) is -2.40. The molecule has 0 aliphatic carbocycles. The summed E-state index contributed by atoms with van der Waals surface area (Å²) in [6.07, 6.45) is 0. The van der Waals surface area contributed by atoms with Crippen molar-refractivity contribution in [3.05, 3.63) is 65.2 Å². The number of benzene rings is 2. The van der Waals surface area contributed by atoms with Gasteiger partial charge in [-0.15, -0.1) is 0 Å². The number of sulfonamides is 1. The summed E-state index contributed by atoms with van der Waals surface area (Å²) in [5.74, 6) is -4.32. The molecular formula is C25H28F2N4O4S. The van der Waals surface area contributed by atoms with Gasteiger partial charge in [0.2, 0.25) is 15.9 Å². The van der Waals surface area contributed by atoms with Gasteiger partial charge in [-0.1, -0.05) is 30.3 Å². The highest BCUT2D eigenvalue weighted by molar-refractivity contribution is 7.89. The van der Waals surface area contributed by atoms with E-state index in [1.165, 1.54) is 71.7 Å².